The fourth-order valence-corrected chi connectivity index (χ4v) is 2.78. The van der Waals surface area contributed by atoms with Crippen LogP contribution in [0.1, 0.15) is 37.8 Å². The number of nitriles is 1. The number of nitrogens with one attached hydrogen (secondary N) is 1. The van der Waals surface area contributed by atoms with Gasteiger partial charge in [0.05, 0.1) is 0 Å². The first-order chi connectivity index (χ1) is 13.1. The van der Waals surface area contributed by atoms with Crippen molar-refractivity contribution in [1.82, 2.24) is 0 Å². The number of carbonyl (C=O) groups is 1. The van der Waals surface area contributed by atoms with Crippen molar-refractivity contribution in [3.63, 3.8) is 0 Å². The van der Waals surface area contributed by atoms with Crippen LogP contribution in [0, 0.1) is 18.3 Å². The molecule has 0 radical (unpaired) electrons. The van der Waals surface area contributed by atoms with Gasteiger partial charge < -0.3 is 10.2 Å². The lowest BCUT2D eigenvalue weighted by Crippen LogP contribution is -2.20. The molecule has 0 fully saturated rings. The van der Waals surface area contributed by atoms with Crippen molar-refractivity contribution in [2.24, 2.45) is 0 Å². The Morgan fingerprint density at radius 1 is 1.19 bits per heavy atom. The van der Waals surface area contributed by atoms with E-state index in [1.54, 1.807) is 6.20 Å². The lowest BCUT2D eigenvalue weighted by atomic mass is 10.1. The van der Waals surface area contributed by atoms with E-state index in [0.717, 1.165) is 30.5 Å². The molecule has 0 heterocycles. The van der Waals surface area contributed by atoms with Crippen molar-refractivity contribution < 1.29 is 4.79 Å². The minimum Gasteiger partial charge on any atom is -0.347 e. The maximum Gasteiger partial charge on any atom is 0.267 e. The second kappa shape index (κ2) is 10.2. The van der Waals surface area contributed by atoms with Gasteiger partial charge in [0.1, 0.15) is 11.6 Å². The molecule has 0 aliphatic heterocycles. The van der Waals surface area contributed by atoms with E-state index in [1.807, 2.05) is 73.3 Å². The van der Waals surface area contributed by atoms with Crippen molar-refractivity contribution in [2.45, 2.75) is 40.0 Å². The highest BCUT2D eigenvalue weighted by atomic mass is 16.1. The van der Waals surface area contributed by atoms with E-state index in [2.05, 4.69) is 12.2 Å². The molecule has 27 heavy (non-hydrogen) atoms. The zero-order valence-electron chi connectivity index (χ0n) is 16.3. The summed E-state index contributed by atoms with van der Waals surface area (Å²) >= 11 is 0. The molecule has 2 aromatic carbocycles. The molecule has 0 bridgehead atoms. The Bertz CT molecular complexity index is 831. The van der Waals surface area contributed by atoms with Gasteiger partial charge in [0, 0.05) is 24.1 Å². The number of aryl methyl sites for hydroxylation is 2. The van der Waals surface area contributed by atoms with Crippen molar-refractivity contribution in [1.29, 1.82) is 5.26 Å². The summed E-state index contributed by atoms with van der Waals surface area (Å²) in [6.07, 6.45) is 4.96. The molecule has 0 aromatic heterocycles. The Hall–Kier alpha value is -3.06. The zero-order valence-corrected chi connectivity index (χ0v) is 16.3. The van der Waals surface area contributed by atoms with Gasteiger partial charge in [-0.05, 0) is 62.1 Å². The van der Waals surface area contributed by atoms with Gasteiger partial charge >= 0.3 is 0 Å². The molecule has 4 heteroatoms. The number of unbranched alkanes of at least 4 members (excludes halogenated alkanes) is 1. The van der Waals surface area contributed by atoms with E-state index in [-0.39, 0.29) is 5.57 Å². The predicted octanol–water partition coefficient (Wildman–Crippen LogP) is 5.21. The van der Waals surface area contributed by atoms with Crippen LogP contribution in [0.3, 0.4) is 0 Å². The number of benzene rings is 2. The molecule has 1 N–H and O–H groups in total. The number of carbonyl (C=O) groups excluding carboxylic acids is 1. The number of rotatable bonds is 8. The highest BCUT2D eigenvalue weighted by molar-refractivity contribution is 6.06. The van der Waals surface area contributed by atoms with Crippen LogP contribution < -0.4 is 10.2 Å². The first kappa shape index (κ1) is 20.3. The monoisotopic (exact) mass is 361 g/mol. The molecule has 0 aliphatic rings. The van der Waals surface area contributed by atoms with Crippen molar-refractivity contribution in [3.05, 3.63) is 71.4 Å². The topological polar surface area (TPSA) is 56.1 Å². The van der Waals surface area contributed by atoms with Gasteiger partial charge in [-0.3, -0.25) is 4.79 Å². The minimum atomic E-state index is -0.398. The quantitative estimate of drug-likeness (QED) is 0.519. The normalized spacial score (nSPS) is 11.0. The lowest BCUT2D eigenvalue weighted by molar-refractivity contribution is -0.112. The van der Waals surface area contributed by atoms with Crippen molar-refractivity contribution in [3.8, 4) is 6.07 Å². The number of nitrogens with zero attached hydrogens (tertiary/aromatic N) is 2. The van der Waals surface area contributed by atoms with Gasteiger partial charge in [-0.1, -0.05) is 37.6 Å². The molecule has 0 unspecified atom stereocenters. The van der Waals surface area contributed by atoms with Crippen LogP contribution in [-0.2, 0) is 11.2 Å². The standard InChI is InChI=1S/C23H27N3O/c1-4-6-9-19-11-13-21(14-12-19)25-23(27)20(16-24)17-26(5-2)22-10-7-8-18(3)15-22/h7-8,10-15,17H,4-6,9H2,1-3H3,(H,25,27)/b20-17-. The molecule has 0 atom stereocenters. The van der Waals surface area contributed by atoms with Gasteiger partial charge in [-0.25, -0.2) is 0 Å². The smallest absolute Gasteiger partial charge is 0.267 e. The average molecular weight is 361 g/mol. The second-order valence-electron chi connectivity index (χ2n) is 6.53. The van der Waals surface area contributed by atoms with E-state index in [1.165, 1.54) is 5.56 Å². The third-order valence-electron chi connectivity index (χ3n) is 4.35. The average Bonchev–Trinajstić information content (AvgIpc) is 2.68. The Kier molecular flexibility index (Phi) is 7.63. The number of hydrogen-bond donors (Lipinski definition) is 1. The second-order valence-corrected chi connectivity index (χ2v) is 6.53. The molecule has 0 saturated carbocycles. The SMILES string of the molecule is CCCCc1ccc(NC(=O)/C(C#N)=C\N(CC)c2cccc(C)c2)cc1. The molecule has 4 nitrogen and oxygen atoms in total. The molecule has 0 aliphatic carbocycles. The Labute approximate surface area is 162 Å². The maximum atomic E-state index is 12.5. The van der Waals surface area contributed by atoms with E-state index in [0.29, 0.717) is 12.2 Å². The third-order valence-corrected chi connectivity index (χ3v) is 4.35. The summed E-state index contributed by atoms with van der Waals surface area (Å²) in [4.78, 5) is 14.4. The van der Waals surface area contributed by atoms with Gasteiger partial charge in [0.2, 0.25) is 0 Å². The fraction of sp³-hybridized carbons (Fsp3) is 0.304. The number of hydrogen-bond acceptors (Lipinski definition) is 3. The highest BCUT2D eigenvalue weighted by Gasteiger charge is 2.12. The maximum absolute atomic E-state index is 12.5. The summed E-state index contributed by atoms with van der Waals surface area (Å²) < 4.78 is 0. The van der Waals surface area contributed by atoms with Crippen LogP contribution in [0.25, 0.3) is 0 Å². The van der Waals surface area contributed by atoms with Crippen molar-refractivity contribution in [2.75, 3.05) is 16.8 Å². The minimum absolute atomic E-state index is 0.0772. The molecule has 0 spiro atoms. The van der Waals surface area contributed by atoms with Crippen LogP contribution in [0.15, 0.2) is 60.3 Å². The summed E-state index contributed by atoms with van der Waals surface area (Å²) in [5.41, 5.74) is 4.11. The first-order valence-electron chi connectivity index (χ1n) is 9.42. The fourth-order valence-electron chi connectivity index (χ4n) is 2.78. The molecule has 2 rings (SSSR count). The third kappa shape index (κ3) is 6.00. The van der Waals surface area contributed by atoms with E-state index in [4.69, 9.17) is 0 Å². The first-order valence-corrected chi connectivity index (χ1v) is 9.42. The molecule has 0 saturated heterocycles. The summed E-state index contributed by atoms with van der Waals surface area (Å²) in [7, 11) is 0. The van der Waals surface area contributed by atoms with Crippen LogP contribution in [0.5, 0.6) is 0 Å². The predicted molar refractivity (Wildman–Crippen MR) is 112 cm³/mol. The Morgan fingerprint density at radius 2 is 1.93 bits per heavy atom. The zero-order chi connectivity index (χ0) is 19.6. The Morgan fingerprint density at radius 3 is 2.52 bits per heavy atom. The summed E-state index contributed by atoms with van der Waals surface area (Å²) in [6, 6.07) is 17.8. The largest absolute Gasteiger partial charge is 0.347 e. The molecule has 2 aromatic rings. The molecule has 140 valence electrons. The van der Waals surface area contributed by atoms with E-state index >= 15 is 0 Å². The van der Waals surface area contributed by atoms with Crippen LogP contribution in [0.4, 0.5) is 11.4 Å². The van der Waals surface area contributed by atoms with Crippen molar-refractivity contribution >= 4 is 17.3 Å². The Balaban J connectivity index is 2.12. The van der Waals surface area contributed by atoms with E-state index < -0.39 is 5.91 Å². The van der Waals surface area contributed by atoms with Crippen LogP contribution in [0.2, 0.25) is 0 Å². The molecular formula is C23H27N3O. The highest BCUT2D eigenvalue weighted by Crippen LogP contribution is 2.18. The van der Waals surface area contributed by atoms with Crippen LogP contribution >= 0.6 is 0 Å². The lowest BCUT2D eigenvalue weighted by Gasteiger charge is -2.19. The summed E-state index contributed by atoms with van der Waals surface area (Å²) in [5.74, 6) is -0.398. The number of amides is 1. The van der Waals surface area contributed by atoms with Gasteiger partial charge in [0.25, 0.3) is 5.91 Å². The van der Waals surface area contributed by atoms with Crippen LogP contribution in [-0.4, -0.2) is 12.5 Å². The molecular weight excluding hydrogens is 334 g/mol. The van der Waals surface area contributed by atoms with Gasteiger partial charge in [0.15, 0.2) is 0 Å². The van der Waals surface area contributed by atoms with Gasteiger partial charge in [-0.2, -0.15) is 5.26 Å². The van der Waals surface area contributed by atoms with Gasteiger partial charge in [-0.15, -0.1) is 0 Å². The van der Waals surface area contributed by atoms with E-state index in [9.17, 15) is 10.1 Å². The molecule has 1 amide bonds. The summed E-state index contributed by atoms with van der Waals surface area (Å²) in [6.45, 7) is 6.83. The summed E-state index contributed by atoms with van der Waals surface area (Å²) in [5, 5.41) is 12.3. The number of anilines is 2.